The largest absolute Gasteiger partial charge is 0.480 e. The molecule has 1 amide bonds. The second kappa shape index (κ2) is 29.8. The fourth-order valence-electron chi connectivity index (χ4n) is 6.97. The van der Waals surface area contributed by atoms with Gasteiger partial charge in [-0.3, -0.25) is 48.8 Å². The lowest BCUT2D eigenvalue weighted by Gasteiger charge is -2.31. The monoisotopic (exact) mass is 1140 g/mol. The summed E-state index contributed by atoms with van der Waals surface area (Å²) in [4.78, 5) is 101. The number of carboxylic acids is 1. The van der Waals surface area contributed by atoms with E-state index in [0.717, 1.165) is 60.9 Å². The van der Waals surface area contributed by atoms with E-state index in [1.165, 1.54) is 24.9 Å². The fraction of sp³-hybridized carbons (Fsp3) is 0.375. The molecule has 4 N–H and O–H groups in total. The number of aryl methyl sites for hydroxylation is 2. The highest BCUT2D eigenvalue weighted by atomic mass is 35.5. The molecule has 3 atom stereocenters. The average molecular weight is 1150 g/mol. The van der Waals surface area contributed by atoms with Crippen LogP contribution in [0.15, 0.2) is 77.7 Å². The number of ketones is 3. The Morgan fingerprint density at radius 2 is 1.55 bits per heavy atom. The number of nitro benzene ring substituents is 2. The average Bonchev–Trinajstić information content (AvgIpc) is 3.34. The zero-order valence-corrected chi connectivity index (χ0v) is 45.6. The Balaban J connectivity index is 0.000000352. The van der Waals surface area contributed by atoms with E-state index in [0.29, 0.717) is 23.8 Å². The van der Waals surface area contributed by atoms with Gasteiger partial charge in [0.25, 0.3) is 11.4 Å². The number of para-hydroxylation sites is 1. The Hall–Kier alpha value is -6.17. The number of Topliss-reactive ketones (excluding diaryl/α,β-unsaturated/α-hetero) is 3. The second-order valence-corrected chi connectivity index (χ2v) is 22.2. The Labute approximate surface area is 447 Å². The van der Waals surface area contributed by atoms with Crippen LogP contribution in [0, 0.1) is 33.1 Å². The SMILES string of the molecule is CCc1cccc(C)c1N(C(=O)CCl)C(C)COC.COC(=O)c1cc(Oc2ccc(Cl)cc2Cl)ccc1[N+](=O)[O-].CP(=O)(O)CCC(N)C(=O)O.CS(=O)(=O)c1ccc(C(=O)C2C(=O)CCCC2=O)c([N+](=O)[O-])c1. The number of halogens is 3. The van der Waals surface area contributed by atoms with Crippen molar-refractivity contribution in [2.75, 3.05) is 50.7 Å². The smallest absolute Gasteiger partial charge is 0.345 e. The van der Waals surface area contributed by atoms with Gasteiger partial charge in [0.05, 0.1) is 50.8 Å². The zero-order chi connectivity index (χ0) is 57.1. The molecular formula is C48H56Cl3N4O18PS. The van der Waals surface area contributed by atoms with Crippen LogP contribution >= 0.6 is 42.2 Å². The molecule has 5 rings (SSSR count). The summed E-state index contributed by atoms with van der Waals surface area (Å²) in [5.41, 5.74) is 6.55. The molecule has 4 aromatic rings. The number of anilines is 1. The predicted molar refractivity (Wildman–Crippen MR) is 280 cm³/mol. The van der Waals surface area contributed by atoms with Crippen LogP contribution in [0.4, 0.5) is 17.1 Å². The molecule has 0 heterocycles. The number of carbonyl (C=O) groups excluding carboxylic acids is 5. The van der Waals surface area contributed by atoms with E-state index in [9.17, 15) is 62.0 Å². The quantitative estimate of drug-likeness (QED) is 0.0160. The molecule has 4 aromatic carbocycles. The first kappa shape index (κ1) is 64.9. The Bertz CT molecular complexity index is 2920. The van der Waals surface area contributed by atoms with Gasteiger partial charge in [-0.25, -0.2) is 13.2 Å². The summed E-state index contributed by atoms with van der Waals surface area (Å²) in [6.45, 7) is 7.74. The summed E-state index contributed by atoms with van der Waals surface area (Å²) in [6.07, 6.45) is 2.25. The van der Waals surface area contributed by atoms with Gasteiger partial charge in [-0.15, -0.1) is 11.6 Å². The van der Waals surface area contributed by atoms with Crippen LogP contribution in [-0.2, 0) is 49.5 Å². The summed E-state index contributed by atoms with van der Waals surface area (Å²) in [5, 5.41) is 31.1. The number of methoxy groups -OCH3 is 2. The van der Waals surface area contributed by atoms with Gasteiger partial charge in [0.1, 0.15) is 34.9 Å². The number of nitro groups is 2. The zero-order valence-electron chi connectivity index (χ0n) is 41.7. The van der Waals surface area contributed by atoms with E-state index in [1.807, 2.05) is 26.0 Å². The molecule has 22 nitrogen and oxygen atoms in total. The number of ether oxygens (including phenoxy) is 3. The first-order valence-corrected chi connectivity index (χ1v) is 27.7. The molecule has 0 aliphatic heterocycles. The fourth-order valence-corrected chi connectivity index (χ4v) is 8.95. The molecule has 75 heavy (non-hydrogen) atoms. The highest BCUT2D eigenvalue weighted by Crippen LogP contribution is 2.36. The van der Waals surface area contributed by atoms with E-state index < -0.39 is 79.6 Å². The summed E-state index contributed by atoms with van der Waals surface area (Å²) in [6, 6.07) is 16.2. The van der Waals surface area contributed by atoms with E-state index in [-0.39, 0.29) is 70.2 Å². The van der Waals surface area contributed by atoms with Crippen LogP contribution in [0.5, 0.6) is 11.5 Å². The molecule has 1 saturated carbocycles. The summed E-state index contributed by atoms with van der Waals surface area (Å²) >= 11 is 17.5. The van der Waals surface area contributed by atoms with Crippen LogP contribution in [0.2, 0.25) is 10.0 Å². The number of rotatable bonds is 18. The molecule has 0 saturated heterocycles. The number of amides is 1. The molecule has 1 fully saturated rings. The minimum absolute atomic E-state index is 0.0223. The molecule has 408 valence electrons. The highest BCUT2D eigenvalue weighted by Gasteiger charge is 2.39. The number of benzene rings is 4. The Morgan fingerprint density at radius 3 is 2.04 bits per heavy atom. The maximum Gasteiger partial charge on any atom is 0.345 e. The van der Waals surface area contributed by atoms with Crippen molar-refractivity contribution in [3.05, 3.63) is 125 Å². The lowest BCUT2D eigenvalue weighted by atomic mass is 9.81. The van der Waals surface area contributed by atoms with Gasteiger partial charge in [0, 0.05) is 62.3 Å². The lowest BCUT2D eigenvalue weighted by molar-refractivity contribution is -0.385. The summed E-state index contributed by atoms with van der Waals surface area (Å²) in [5.74, 6) is -5.19. The van der Waals surface area contributed by atoms with Gasteiger partial charge < -0.3 is 34.8 Å². The molecule has 1 aliphatic carbocycles. The van der Waals surface area contributed by atoms with Crippen molar-refractivity contribution in [1.82, 2.24) is 0 Å². The number of carbonyl (C=O) groups is 6. The number of aliphatic carboxylic acids is 1. The number of alkyl halides is 1. The molecule has 0 radical (unpaired) electrons. The van der Waals surface area contributed by atoms with Gasteiger partial charge in [-0.2, -0.15) is 0 Å². The molecule has 1 aliphatic rings. The maximum absolute atomic E-state index is 12.4. The molecule has 3 unspecified atom stereocenters. The van der Waals surface area contributed by atoms with Crippen molar-refractivity contribution < 1.29 is 75.8 Å². The Kier molecular flexibility index (Phi) is 25.8. The van der Waals surface area contributed by atoms with Crippen LogP contribution in [0.3, 0.4) is 0 Å². The van der Waals surface area contributed by atoms with E-state index in [2.05, 4.69) is 17.7 Å². The lowest BCUT2D eigenvalue weighted by Crippen LogP contribution is -2.43. The number of nitrogens with zero attached hydrogens (tertiary/aromatic N) is 3. The molecule has 27 heteroatoms. The van der Waals surface area contributed by atoms with E-state index in [4.69, 9.17) is 60.0 Å². The van der Waals surface area contributed by atoms with Crippen LogP contribution < -0.4 is 15.4 Å². The van der Waals surface area contributed by atoms with Crippen LogP contribution in [0.1, 0.15) is 71.4 Å². The third kappa shape index (κ3) is 19.8. The summed E-state index contributed by atoms with van der Waals surface area (Å²) < 4.78 is 48.8. The van der Waals surface area contributed by atoms with Crippen molar-refractivity contribution in [3.8, 4) is 11.5 Å². The van der Waals surface area contributed by atoms with Gasteiger partial charge in [0.2, 0.25) is 5.91 Å². The van der Waals surface area contributed by atoms with Gasteiger partial charge in [-0.05, 0) is 80.6 Å². The van der Waals surface area contributed by atoms with Crippen molar-refractivity contribution in [1.29, 1.82) is 0 Å². The van der Waals surface area contributed by atoms with Crippen LogP contribution in [0.25, 0.3) is 0 Å². The van der Waals surface area contributed by atoms with Crippen LogP contribution in [-0.4, -0.2) is 121 Å². The van der Waals surface area contributed by atoms with Crippen molar-refractivity contribution in [2.24, 2.45) is 11.7 Å². The predicted octanol–water partition coefficient (Wildman–Crippen LogP) is 8.45. The minimum Gasteiger partial charge on any atom is -0.480 e. The standard InChI is InChI=1S/C15H22ClNO2.C14H9Cl2NO5.C14H13NO7S.C5H12NO4P/c1-5-13-8-6-7-11(2)15(13)17(14(18)9-16)12(3)10-19-4;1-21-14(18)10-7-9(3-4-12(10)17(19)20)22-13-5-2-8(15)6-11(13)16;1-23(21,22)8-5-6-9(10(7-8)15(19)20)14(18)13-11(16)3-2-4-12(13)17;1-11(9,10)3-2-4(6)5(7)8/h6-8,12H,5,9-10H2,1-4H3;2-7H,1H3;5-7,13H,2-4H2,1H3;4H,2-3,6H2,1H3,(H,7,8)(H,9,10). The summed E-state index contributed by atoms with van der Waals surface area (Å²) in [7, 11) is -4.03. The van der Waals surface area contributed by atoms with E-state index in [1.54, 1.807) is 24.1 Å². The van der Waals surface area contributed by atoms with Gasteiger partial charge in [0.15, 0.2) is 34.6 Å². The van der Waals surface area contributed by atoms with Crippen molar-refractivity contribution in [3.63, 3.8) is 0 Å². The first-order valence-electron chi connectivity index (χ1n) is 22.2. The van der Waals surface area contributed by atoms with Crippen molar-refractivity contribution >= 4 is 104 Å². The number of sulfone groups is 1. The number of nitrogens with two attached hydrogens (primary N) is 1. The number of hydrogen-bond donors (Lipinski definition) is 3. The third-order valence-electron chi connectivity index (χ3n) is 10.7. The molecular weight excluding hydrogens is 1090 g/mol. The van der Waals surface area contributed by atoms with Crippen molar-refractivity contribution in [2.45, 2.75) is 69.9 Å². The minimum atomic E-state index is -3.70. The van der Waals surface area contributed by atoms with Gasteiger partial charge >= 0.3 is 11.9 Å². The molecule has 0 spiro atoms. The second-order valence-electron chi connectivity index (χ2n) is 16.5. The third-order valence-corrected chi connectivity index (χ3v) is 13.6. The molecule has 0 aromatic heterocycles. The van der Waals surface area contributed by atoms with E-state index >= 15 is 0 Å². The van der Waals surface area contributed by atoms with Gasteiger partial charge in [-0.1, -0.05) is 48.3 Å². The Morgan fingerprint density at radius 1 is 0.933 bits per heavy atom. The first-order chi connectivity index (χ1) is 34.9. The normalized spacial score (nSPS) is 13.9. The number of carboxylic acid groups (broad SMARTS) is 1. The highest BCUT2D eigenvalue weighted by molar-refractivity contribution is 7.90. The maximum atomic E-state index is 12.4. The number of esters is 1. The molecule has 0 bridgehead atoms. The topological polar surface area (TPSA) is 337 Å². The number of hydrogen-bond acceptors (Lipinski definition) is 17.